The standard InChI is InChI=1S/C12H18N2O2/c1-9-6-8-16-12(9)11(15)4-3-10-5-7-13-14(10)2/h5,7,9,12H,3-4,6,8H2,1-2H3. The Balaban J connectivity index is 1.86. The summed E-state index contributed by atoms with van der Waals surface area (Å²) < 4.78 is 7.27. The van der Waals surface area contributed by atoms with Crippen LogP contribution in [0.5, 0.6) is 0 Å². The molecule has 1 aromatic heterocycles. The molecule has 16 heavy (non-hydrogen) atoms. The van der Waals surface area contributed by atoms with Gasteiger partial charge in [-0.3, -0.25) is 9.48 Å². The van der Waals surface area contributed by atoms with Gasteiger partial charge in [0.1, 0.15) is 6.10 Å². The first-order valence-corrected chi connectivity index (χ1v) is 5.79. The van der Waals surface area contributed by atoms with E-state index in [4.69, 9.17) is 4.74 Å². The summed E-state index contributed by atoms with van der Waals surface area (Å²) in [6.45, 7) is 2.81. The lowest BCUT2D eigenvalue weighted by Gasteiger charge is -2.12. The smallest absolute Gasteiger partial charge is 0.162 e. The Morgan fingerprint density at radius 2 is 2.50 bits per heavy atom. The van der Waals surface area contributed by atoms with Crippen LogP contribution in [0.1, 0.15) is 25.5 Å². The molecule has 4 nitrogen and oxygen atoms in total. The lowest BCUT2D eigenvalue weighted by Crippen LogP contribution is -2.25. The maximum Gasteiger partial charge on any atom is 0.162 e. The zero-order valence-corrected chi connectivity index (χ0v) is 9.85. The molecule has 1 aliphatic heterocycles. The number of rotatable bonds is 4. The number of ketones is 1. The summed E-state index contributed by atoms with van der Waals surface area (Å²) in [5, 5.41) is 4.08. The first kappa shape index (κ1) is 11.3. The Labute approximate surface area is 95.6 Å². The van der Waals surface area contributed by atoms with E-state index in [-0.39, 0.29) is 11.9 Å². The van der Waals surface area contributed by atoms with Crippen molar-refractivity contribution >= 4 is 5.78 Å². The van der Waals surface area contributed by atoms with Crippen molar-refractivity contribution in [1.82, 2.24) is 9.78 Å². The number of Topliss-reactive ketones (excluding diaryl/α,β-unsaturated/α-hetero) is 1. The van der Waals surface area contributed by atoms with Gasteiger partial charge < -0.3 is 4.74 Å². The first-order chi connectivity index (χ1) is 7.68. The molecule has 1 aliphatic rings. The third-order valence-electron chi connectivity index (χ3n) is 3.25. The molecule has 0 N–H and O–H groups in total. The highest BCUT2D eigenvalue weighted by Crippen LogP contribution is 2.22. The molecule has 4 heteroatoms. The molecule has 0 amide bonds. The van der Waals surface area contributed by atoms with Crippen LogP contribution in [-0.2, 0) is 23.0 Å². The number of aromatic nitrogens is 2. The zero-order valence-electron chi connectivity index (χ0n) is 9.85. The fraction of sp³-hybridized carbons (Fsp3) is 0.667. The molecule has 1 aromatic rings. The minimum absolute atomic E-state index is 0.173. The third kappa shape index (κ3) is 2.32. The van der Waals surface area contributed by atoms with Crippen LogP contribution in [0.15, 0.2) is 12.3 Å². The molecular formula is C12H18N2O2. The highest BCUT2D eigenvalue weighted by atomic mass is 16.5. The highest BCUT2D eigenvalue weighted by Gasteiger charge is 2.30. The topological polar surface area (TPSA) is 44.1 Å². The molecule has 0 aliphatic carbocycles. The molecule has 2 atom stereocenters. The molecule has 0 radical (unpaired) electrons. The van der Waals surface area contributed by atoms with Crippen molar-refractivity contribution in [3.63, 3.8) is 0 Å². The lowest BCUT2D eigenvalue weighted by molar-refractivity contribution is -0.129. The van der Waals surface area contributed by atoms with Gasteiger partial charge in [-0.1, -0.05) is 6.92 Å². The Morgan fingerprint density at radius 3 is 3.06 bits per heavy atom. The quantitative estimate of drug-likeness (QED) is 0.772. The van der Waals surface area contributed by atoms with Crippen molar-refractivity contribution in [2.45, 2.75) is 32.3 Å². The number of carbonyl (C=O) groups is 1. The van der Waals surface area contributed by atoms with Crippen molar-refractivity contribution in [2.24, 2.45) is 13.0 Å². The number of nitrogens with zero attached hydrogens (tertiary/aromatic N) is 2. The van der Waals surface area contributed by atoms with Crippen LogP contribution in [0, 0.1) is 5.92 Å². The van der Waals surface area contributed by atoms with Crippen molar-refractivity contribution in [1.29, 1.82) is 0 Å². The fourth-order valence-electron chi connectivity index (χ4n) is 2.15. The van der Waals surface area contributed by atoms with Crippen LogP contribution < -0.4 is 0 Å². The average molecular weight is 222 g/mol. The number of hydrogen-bond acceptors (Lipinski definition) is 3. The highest BCUT2D eigenvalue weighted by molar-refractivity contribution is 5.83. The normalized spacial score (nSPS) is 24.9. The Hall–Kier alpha value is -1.16. The summed E-state index contributed by atoms with van der Waals surface area (Å²) in [5.41, 5.74) is 1.10. The van der Waals surface area contributed by atoms with Crippen molar-refractivity contribution in [2.75, 3.05) is 6.61 Å². The largest absolute Gasteiger partial charge is 0.370 e. The third-order valence-corrected chi connectivity index (χ3v) is 3.25. The van der Waals surface area contributed by atoms with Gasteiger partial charge in [-0.2, -0.15) is 5.10 Å². The van der Waals surface area contributed by atoms with E-state index in [1.807, 2.05) is 17.8 Å². The van der Waals surface area contributed by atoms with Crippen LogP contribution in [0.25, 0.3) is 0 Å². The number of ether oxygens (including phenoxy) is 1. The molecule has 0 saturated carbocycles. The van der Waals surface area contributed by atoms with E-state index in [0.29, 0.717) is 12.3 Å². The van der Waals surface area contributed by atoms with Crippen LogP contribution in [0.2, 0.25) is 0 Å². The second-order valence-electron chi connectivity index (χ2n) is 4.47. The first-order valence-electron chi connectivity index (χ1n) is 5.79. The van der Waals surface area contributed by atoms with Crippen molar-refractivity contribution in [3.05, 3.63) is 18.0 Å². The summed E-state index contributed by atoms with van der Waals surface area (Å²) in [7, 11) is 1.90. The monoisotopic (exact) mass is 222 g/mol. The molecule has 2 unspecified atom stereocenters. The molecule has 0 spiro atoms. The van der Waals surface area contributed by atoms with Gasteiger partial charge in [-0.15, -0.1) is 0 Å². The van der Waals surface area contributed by atoms with E-state index < -0.39 is 0 Å². The van der Waals surface area contributed by atoms with E-state index in [1.165, 1.54) is 0 Å². The zero-order chi connectivity index (χ0) is 11.5. The lowest BCUT2D eigenvalue weighted by atomic mass is 9.98. The predicted molar refractivity (Wildman–Crippen MR) is 60.1 cm³/mol. The number of aryl methyl sites for hydroxylation is 2. The van der Waals surface area contributed by atoms with E-state index in [9.17, 15) is 4.79 Å². The van der Waals surface area contributed by atoms with Crippen LogP contribution >= 0.6 is 0 Å². The Kier molecular flexibility index (Phi) is 3.39. The number of carbonyl (C=O) groups excluding carboxylic acids is 1. The van der Waals surface area contributed by atoms with Gasteiger partial charge >= 0.3 is 0 Å². The van der Waals surface area contributed by atoms with Crippen molar-refractivity contribution < 1.29 is 9.53 Å². The van der Waals surface area contributed by atoms with E-state index in [0.717, 1.165) is 25.1 Å². The molecule has 0 aromatic carbocycles. The maximum absolute atomic E-state index is 11.9. The van der Waals surface area contributed by atoms with Gasteiger partial charge in [0.05, 0.1) is 0 Å². The van der Waals surface area contributed by atoms with Gasteiger partial charge in [0.2, 0.25) is 0 Å². The van der Waals surface area contributed by atoms with E-state index in [2.05, 4.69) is 12.0 Å². The molecule has 2 rings (SSSR count). The second-order valence-corrected chi connectivity index (χ2v) is 4.47. The van der Waals surface area contributed by atoms with Crippen molar-refractivity contribution in [3.8, 4) is 0 Å². The van der Waals surface area contributed by atoms with Gasteiger partial charge in [-0.05, 0) is 24.8 Å². The predicted octanol–water partition coefficient (Wildman–Crippen LogP) is 1.35. The van der Waals surface area contributed by atoms with Gasteiger partial charge in [0.25, 0.3) is 0 Å². The Morgan fingerprint density at radius 1 is 1.69 bits per heavy atom. The summed E-state index contributed by atoms with van der Waals surface area (Å²) in [6.07, 6.45) is 3.89. The molecule has 0 bridgehead atoms. The van der Waals surface area contributed by atoms with Crippen LogP contribution in [0.4, 0.5) is 0 Å². The minimum Gasteiger partial charge on any atom is -0.370 e. The summed E-state index contributed by atoms with van der Waals surface area (Å²) >= 11 is 0. The van der Waals surface area contributed by atoms with Gasteiger partial charge in [0.15, 0.2) is 5.78 Å². The van der Waals surface area contributed by atoms with Crippen LogP contribution in [0.3, 0.4) is 0 Å². The summed E-state index contributed by atoms with van der Waals surface area (Å²) in [5.74, 6) is 0.602. The molecular weight excluding hydrogens is 204 g/mol. The molecule has 88 valence electrons. The van der Waals surface area contributed by atoms with Gasteiger partial charge in [0, 0.05) is 32.0 Å². The average Bonchev–Trinajstić information content (AvgIpc) is 2.84. The second kappa shape index (κ2) is 4.78. The molecule has 1 saturated heterocycles. The summed E-state index contributed by atoms with van der Waals surface area (Å²) in [6, 6.07) is 1.95. The minimum atomic E-state index is -0.173. The van der Waals surface area contributed by atoms with Crippen LogP contribution in [-0.4, -0.2) is 28.3 Å². The summed E-state index contributed by atoms with van der Waals surface area (Å²) in [4.78, 5) is 11.9. The SMILES string of the molecule is CC1CCOC1C(=O)CCc1ccnn1C. The van der Waals surface area contributed by atoms with E-state index >= 15 is 0 Å². The Bertz CT molecular complexity index is 373. The molecule has 1 fully saturated rings. The fourth-order valence-corrected chi connectivity index (χ4v) is 2.15. The van der Waals surface area contributed by atoms with E-state index in [1.54, 1.807) is 6.20 Å². The van der Waals surface area contributed by atoms with Gasteiger partial charge in [-0.25, -0.2) is 0 Å². The maximum atomic E-state index is 11.9. The number of hydrogen-bond donors (Lipinski definition) is 0. The molecule has 2 heterocycles.